The third-order valence-electron chi connectivity index (χ3n) is 3.82. The highest BCUT2D eigenvalue weighted by molar-refractivity contribution is 5.88. The Bertz CT molecular complexity index is 993. The van der Waals surface area contributed by atoms with Crippen molar-refractivity contribution in [2.75, 3.05) is 5.73 Å². The molecule has 3 N–H and O–H groups in total. The van der Waals surface area contributed by atoms with E-state index in [1.165, 1.54) is 18.2 Å². The summed E-state index contributed by atoms with van der Waals surface area (Å²) in [6.45, 7) is 1.58. The maximum atomic E-state index is 13.0. The molecular weight excluding hydrogens is 335 g/mol. The standard InChI is InChI=1S/C17H14F3N3O2/c1-9(24)10-2-4-11(5-3-10)23-15(25)8-13(21)12-6-7-14(17(18,19)20)22-16(12)23/h2-9,24H,21H2,1H3. The fraction of sp³-hybridized carbons (Fsp3) is 0.176. The van der Waals surface area contributed by atoms with E-state index in [1.54, 1.807) is 19.1 Å². The molecule has 130 valence electrons. The molecule has 0 spiro atoms. The molecular formula is C17H14F3N3O2. The van der Waals surface area contributed by atoms with E-state index in [-0.39, 0.29) is 16.7 Å². The van der Waals surface area contributed by atoms with Crippen LogP contribution in [0.2, 0.25) is 0 Å². The molecule has 0 bridgehead atoms. The Kier molecular flexibility index (Phi) is 4.00. The number of fused-ring (bicyclic) bond motifs is 1. The summed E-state index contributed by atoms with van der Waals surface area (Å²) >= 11 is 0. The van der Waals surface area contributed by atoms with Crippen molar-refractivity contribution in [3.8, 4) is 5.69 Å². The Balaban J connectivity index is 2.31. The van der Waals surface area contributed by atoms with Crippen LogP contribution in [0.5, 0.6) is 0 Å². The molecule has 0 saturated carbocycles. The zero-order valence-corrected chi connectivity index (χ0v) is 13.1. The van der Waals surface area contributed by atoms with Crippen molar-refractivity contribution in [3.63, 3.8) is 0 Å². The van der Waals surface area contributed by atoms with Gasteiger partial charge in [-0.25, -0.2) is 4.98 Å². The minimum Gasteiger partial charge on any atom is -0.398 e. The van der Waals surface area contributed by atoms with Gasteiger partial charge in [0.1, 0.15) is 11.3 Å². The van der Waals surface area contributed by atoms with Crippen LogP contribution in [0.25, 0.3) is 16.7 Å². The van der Waals surface area contributed by atoms with Gasteiger partial charge in [-0.1, -0.05) is 12.1 Å². The van der Waals surface area contributed by atoms with E-state index in [4.69, 9.17) is 5.73 Å². The van der Waals surface area contributed by atoms with E-state index < -0.39 is 23.5 Å². The van der Waals surface area contributed by atoms with Gasteiger partial charge in [-0.15, -0.1) is 0 Å². The zero-order chi connectivity index (χ0) is 18.4. The highest BCUT2D eigenvalue weighted by atomic mass is 19.4. The van der Waals surface area contributed by atoms with E-state index in [2.05, 4.69) is 4.98 Å². The smallest absolute Gasteiger partial charge is 0.398 e. The fourth-order valence-corrected chi connectivity index (χ4v) is 2.53. The molecule has 1 atom stereocenters. The molecule has 3 rings (SSSR count). The van der Waals surface area contributed by atoms with Crippen LogP contribution in [0.15, 0.2) is 47.3 Å². The molecule has 0 aliphatic carbocycles. The van der Waals surface area contributed by atoms with E-state index in [0.717, 1.165) is 16.7 Å². The molecule has 1 unspecified atom stereocenters. The summed E-state index contributed by atoms with van der Waals surface area (Å²) in [4.78, 5) is 16.0. The number of nitrogens with two attached hydrogens (primary N) is 1. The topological polar surface area (TPSA) is 81.1 Å². The first-order valence-electron chi connectivity index (χ1n) is 7.36. The van der Waals surface area contributed by atoms with Crippen LogP contribution in [0.1, 0.15) is 24.3 Å². The number of rotatable bonds is 2. The van der Waals surface area contributed by atoms with Crippen molar-refractivity contribution in [3.05, 3.63) is 64.1 Å². The summed E-state index contributed by atoms with van der Waals surface area (Å²) in [7, 11) is 0. The van der Waals surface area contributed by atoms with Crippen LogP contribution in [-0.2, 0) is 6.18 Å². The number of nitrogens with zero attached hydrogens (tertiary/aromatic N) is 2. The largest absolute Gasteiger partial charge is 0.433 e. The monoisotopic (exact) mass is 349 g/mol. The normalized spacial score (nSPS) is 13.2. The van der Waals surface area contributed by atoms with Crippen LogP contribution >= 0.6 is 0 Å². The lowest BCUT2D eigenvalue weighted by atomic mass is 10.1. The second-order valence-corrected chi connectivity index (χ2v) is 5.61. The van der Waals surface area contributed by atoms with Crippen LogP contribution < -0.4 is 11.3 Å². The van der Waals surface area contributed by atoms with E-state index in [1.807, 2.05) is 0 Å². The first-order chi connectivity index (χ1) is 11.7. The quantitative estimate of drug-likeness (QED) is 0.745. The van der Waals surface area contributed by atoms with Gasteiger partial charge >= 0.3 is 6.18 Å². The third kappa shape index (κ3) is 3.08. The van der Waals surface area contributed by atoms with Crippen molar-refractivity contribution in [2.45, 2.75) is 19.2 Å². The molecule has 0 fully saturated rings. The Morgan fingerprint density at radius 1 is 1.16 bits per heavy atom. The van der Waals surface area contributed by atoms with Gasteiger partial charge in [-0.3, -0.25) is 9.36 Å². The van der Waals surface area contributed by atoms with Gasteiger partial charge in [0.05, 0.1) is 11.8 Å². The van der Waals surface area contributed by atoms with Gasteiger partial charge in [-0.05, 0) is 36.8 Å². The molecule has 3 aromatic rings. The number of benzene rings is 1. The SMILES string of the molecule is CC(O)c1ccc(-n2c(=O)cc(N)c3ccc(C(F)(F)F)nc32)cc1. The summed E-state index contributed by atoms with van der Waals surface area (Å²) in [6.07, 6.45) is -5.35. The number of hydrogen-bond donors (Lipinski definition) is 2. The number of aromatic nitrogens is 2. The zero-order valence-electron chi connectivity index (χ0n) is 13.1. The lowest BCUT2D eigenvalue weighted by Crippen LogP contribution is -2.21. The van der Waals surface area contributed by atoms with Crippen LogP contribution in [0, 0.1) is 0 Å². The first kappa shape index (κ1) is 17.0. The number of hydrogen-bond acceptors (Lipinski definition) is 4. The molecule has 1 aromatic carbocycles. The number of anilines is 1. The molecule has 0 aliphatic heterocycles. The third-order valence-corrected chi connectivity index (χ3v) is 3.82. The highest BCUT2D eigenvalue weighted by Gasteiger charge is 2.33. The number of halogens is 3. The molecule has 8 heteroatoms. The number of aliphatic hydroxyl groups is 1. The first-order valence-corrected chi connectivity index (χ1v) is 7.36. The lowest BCUT2D eigenvalue weighted by Gasteiger charge is -2.14. The van der Waals surface area contributed by atoms with Crippen LogP contribution in [-0.4, -0.2) is 14.7 Å². The molecule has 0 radical (unpaired) electrons. The fourth-order valence-electron chi connectivity index (χ4n) is 2.53. The highest BCUT2D eigenvalue weighted by Crippen LogP contribution is 2.30. The second kappa shape index (κ2) is 5.89. The van der Waals surface area contributed by atoms with Crippen molar-refractivity contribution in [2.24, 2.45) is 0 Å². The van der Waals surface area contributed by atoms with Crippen molar-refractivity contribution in [1.29, 1.82) is 0 Å². The van der Waals surface area contributed by atoms with Gasteiger partial charge in [0.25, 0.3) is 5.56 Å². The number of nitrogen functional groups attached to an aromatic ring is 1. The average molecular weight is 349 g/mol. The molecule has 5 nitrogen and oxygen atoms in total. The number of aliphatic hydroxyl groups excluding tert-OH is 1. The minimum atomic E-state index is -4.64. The second-order valence-electron chi connectivity index (χ2n) is 5.61. The molecule has 0 aliphatic rings. The van der Waals surface area contributed by atoms with Gasteiger partial charge in [-0.2, -0.15) is 13.2 Å². The Morgan fingerprint density at radius 2 is 1.80 bits per heavy atom. The van der Waals surface area contributed by atoms with Crippen molar-refractivity contribution >= 4 is 16.7 Å². The van der Waals surface area contributed by atoms with Gasteiger partial charge in [0.15, 0.2) is 0 Å². The Labute approximate surface area is 140 Å². The molecule has 0 amide bonds. The summed E-state index contributed by atoms with van der Waals surface area (Å²) in [5.74, 6) is 0. The van der Waals surface area contributed by atoms with Crippen LogP contribution in [0.3, 0.4) is 0 Å². The maximum Gasteiger partial charge on any atom is 0.433 e. The van der Waals surface area contributed by atoms with Gasteiger partial charge in [0.2, 0.25) is 0 Å². The summed E-state index contributed by atoms with van der Waals surface area (Å²) in [5.41, 5.74) is 4.87. The summed E-state index contributed by atoms with van der Waals surface area (Å²) in [5, 5.41) is 9.79. The number of alkyl halides is 3. The molecule has 0 saturated heterocycles. The van der Waals surface area contributed by atoms with Crippen LogP contribution in [0.4, 0.5) is 18.9 Å². The molecule has 2 heterocycles. The van der Waals surface area contributed by atoms with Gasteiger partial charge < -0.3 is 10.8 Å². The predicted octanol–water partition coefficient (Wildman–Crippen LogP) is 3.04. The summed E-state index contributed by atoms with van der Waals surface area (Å²) in [6, 6.07) is 9.39. The predicted molar refractivity (Wildman–Crippen MR) is 87.4 cm³/mol. The average Bonchev–Trinajstić information content (AvgIpc) is 2.54. The van der Waals surface area contributed by atoms with Crippen molar-refractivity contribution < 1.29 is 18.3 Å². The summed E-state index contributed by atoms with van der Waals surface area (Å²) < 4.78 is 40.0. The Morgan fingerprint density at radius 3 is 2.36 bits per heavy atom. The molecule has 25 heavy (non-hydrogen) atoms. The van der Waals surface area contributed by atoms with Gasteiger partial charge in [0, 0.05) is 17.1 Å². The van der Waals surface area contributed by atoms with E-state index >= 15 is 0 Å². The van der Waals surface area contributed by atoms with Crippen molar-refractivity contribution in [1.82, 2.24) is 9.55 Å². The minimum absolute atomic E-state index is 0.0538. The van der Waals surface area contributed by atoms with E-state index in [9.17, 15) is 23.1 Å². The lowest BCUT2D eigenvalue weighted by molar-refractivity contribution is -0.141. The number of pyridine rings is 2. The Hall–Kier alpha value is -2.87. The maximum absolute atomic E-state index is 13.0. The van der Waals surface area contributed by atoms with E-state index in [0.29, 0.717) is 11.3 Å². The molecule has 2 aromatic heterocycles.